The minimum absolute atomic E-state index is 0.0851. The van der Waals surface area contributed by atoms with Crippen molar-refractivity contribution in [1.29, 1.82) is 0 Å². The van der Waals surface area contributed by atoms with Gasteiger partial charge in [-0.2, -0.15) is 0 Å². The molecule has 5 heteroatoms. The summed E-state index contributed by atoms with van der Waals surface area (Å²) in [5.74, 6) is 0.472. The Kier molecular flexibility index (Phi) is 2.07. The van der Waals surface area contributed by atoms with Gasteiger partial charge in [0, 0.05) is 25.4 Å². The molecule has 0 amide bonds. The molecule has 0 N–H and O–H groups in total. The van der Waals surface area contributed by atoms with E-state index in [1.54, 1.807) is 12.3 Å². The van der Waals surface area contributed by atoms with Crippen LogP contribution in [0.25, 0.3) is 0 Å². The minimum atomic E-state index is -0.388. The molecule has 0 saturated heterocycles. The molecule has 1 aliphatic carbocycles. The molecule has 2 rings (SSSR count). The normalized spacial score (nSPS) is 15.2. The van der Waals surface area contributed by atoms with E-state index in [1.165, 1.54) is 6.07 Å². The maximum atomic E-state index is 10.7. The number of hydrogen-bond acceptors (Lipinski definition) is 4. The molecule has 1 aliphatic rings. The lowest BCUT2D eigenvalue weighted by Gasteiger charge is -2.16. The van der Waals surface area contributed by atoms with E-state index in [9.17, 15) is 10.1 Å². The van der Waals surface area contributed by atoms with Crippen LogP contribution in [-0.2, 0) is 0 Å². The molecule has 0 radical (unpaired) electrons. The first-order valence-corrected chi connectivity index (χ1v) is 4.52. The number of nitro groups is 1. The minimum Gasteiger partial charge on any atom is -0.351 e. The maximum absolute atomic E-state index is 10.7. The van der Waals surface area contributed by atoms with Crippen LogP contribution in [0.5, 0.6) is 0 Å². The van der Waals surface area contributed by atoms with E-state index in [-0.39, 0.29) is 10.6 Å². The van der Waals surface area contributed by atoms with Gasteiger partial charge in [-0.3, -0.25) is 10.1 Å². The van der Waals surface area contributed by atoms with E-state index < -0.39 is 0 Å². The lowest BCUT2D eigenvalue weighted by molar-refractivity contribution is -0.384. The summed E-state index contributed by atoms with van der Waals surface area (Å²) >= 11 is 0. The van der Waals surface area contributed by atoms with Gasteiger partial charge in [0.2, 0.25) is 5.82 Å². The van der Waals surface area contributed by atoms with Crippen molar-refractivity contribution in [1.82, 2.24) is 4.98 Å². The Bertz CT molecular complexity index is 363. The Hall–Kier alpha value is -1.65. The molecular formula is C9H11N3O2. The van der Waals surface area contributed by atoms with Crippen molar-refractivity contribution in [2.24, 2.45) is 0 Å². The second-order valence-electron chi connectivity index (χ2n) is 3.45. The zero-order valence-corrected chi connectivity index (χ0v) is 7.88. The first-order chi connectivity index (χ1) is 6.70. The highest BCUT2D eigenvalue weighted by Gasteiger charge is 2.30. The van der Waals surface area contributed by atoms with Crippen molar-refractivity contribution in [2.45, 2.75) is 18.9 Å². The van der Waals surface area contributed by atoms with Gasteiger partial charge in [0.1, 0.15) is 0 Å². The third-order valence-electron chi connectivity index (χ3n) is 2.39. The summed E-state index contributed by atoms with van der Waals surface area (Å²) in [4.78, 5) is 16.3. The lowest BCUT2D eigenvalue weighted by atomic mass is 10.3. The second-order valence-corrected chi connectivity index (χ2v) is 3.45. The largest absolute Gasteiger partial charge is 0.351 e. The average molecular weight is 193 g/mol. The molecule has 14 heavy (non-hydrogen) atoms. The molecule has 0 atom stereocenters. The van der Waals surface area contributed by atoms with E-state index >= 15 is 0 Å². The summed E-state index contributed by atoms with van der Waals surface area (Å²) in [6, 6.07) is 3.51. The molecule has 1 saturated carbocycles. The predicted octanol–water partition coefficient (Wildman–Crippen LogP) is 1.59. The molecule has 1 aromatic rings. The van der Waals surface area contributed by atoms with Crippen LogP contribution in [0.2, 0.25) is 0 Å². The molecule has 0 spiro atoms. The van der Waals surface area contributed by atoms with Crippen LogP contribution in [0.4, 0.5) is 11.5 Å². The molecule has 0 aliphatic heterocycles. The van der Waals surface area contributed by atoms with Crippen LogP contribution in [-0.4, -0.2) is 23.0 Å². The summed E-state index contributed by atoms with van der Waals surface area (Å²) in [6.45, 7) is 0. The smallest absolute Gasteiger partial charge is 0.311 e. The molecule has 1 fully saturated rings. The fraction of sp³-hybridized carbons (Fsp3) is 0.444. The fourth-order valence-electron chi connectivity index (χ4n) is 1.44. The quantitative estimate of drug-likeness (QED) is 0.540. The number of anilines is 1. The standard InChI is InChI=1S/C9H11N3O2/c1-11(7-4-5-7)9-8(12(13)14)3-2-6-10-9/h2-3,6-7H,4-5H2,1H3. The molecule has 0 aromatic carbocycles. The summed E-state index contributed by atoms with van der Waals surface area (Å²) in [7, 11) is 1.85. The zero-order valence-electron chi connectivity index (χ0n) is 7.88. The van der Waals surface area contributed by atoms with Gasteiger partial charge in [0.05, 0.1) is 4.92 Å². The van der Waals surface area contributed by atoms with Crippen LogP contribution >= 0.6 is 0 Å². The number of hydrogen-bond donors (Lipinski definition) is 0. The van der Waals surface area contributed by atoms with Crippen LogP contribution in [0.3, 0.4) is 0 Å². The molecular weight excluding hydrogens is 182 g/mol. The first kappa shape index (κ1) is 8.93. The third kappa shape index (κ3) is 1.53. The van der Waals surface area contributed by atoms with Gasteiger partial charge in [-0.05, 0) is 18.9 Å². The number of nitrogens with zero attached hydrogens (tertiary/aromatic N) is 3. The van der Waals surface area contributed by atoms with Crippen molar-refractivity contribution in [3.63, 3.8) is 0 Å². The summed E-state index contributed by atoms with van der Waals surface area (Å²) in [5, 5.41) is 10.7. The lowest BCUT2D eigenvalue weighted by Crippen LogP contribution is -2.21. The molecule has 1 heterocycles. The SMILES string of the molecule is CN(c1ncccc1[N+](=O)[O-])C1CC1. The fourth-order valence-corrected chi connectivity index (χ4v) is 1.44. The Morgan fingerprint density at radius 3 is 2.93 bits per heavy atom. The molecule has 0 bridgehead atoms. The van der Waals surface area contributed by atoms with Crippen LogP contribution < -0.4 is 4.90 Å². The van der Waals surface area contributed by atoms with Crippen molar-refractivity contribution >= 4 is 11.5 Å². The van der Waals surface area contributed by atoms with E-state index in [1.807, 2.05) is 11.9 Å². The van der Waals surface area contributed by atoms with Crippen LogP contribution in [0, 0.1) is 10.1 Å². The van der Waals surface area contributed by atoms with Gasteiger partial charge in [-0.25, -0.2) is 4.98 Å². The summed E-state index contributed by atoms with van der Waals surface area (Å²) in [5.41, 5.74) is 0.0851. The van der Waals surface area contributed by atoms with Gasteiger partial charge < -0.3 is 4.90 Å². The Morgan fingerprint density at radius 2 is 2.36 bits per heavy atom. The molecule has 0 unspecified atom stereocenters. The van der Waals surface area contributed by atoms with E-state index in [2.05, 4.69) is 4.98 Å². The first-order valence-electron chi connectivity index (χ1n) is 4.52. The molecule has 74 valence electrons. The monoisotopic (exact) mass is 193 g/mol. The Balaban J connectivity index is 2.34. The van der Waals surface area contributed by atoms with Gasteiger partial charge >= 0.3 is 5.69 Å². The molecule has 1 aromatic heterocycles. The highest BCUT2D eigenvalue weighted by Crippen LogP contribution is 2.33. The maximum Gasteiger partial charge on any atom is 0.311 e. The van der Waals surface area contributed by atoms with Crippen LogP contribution in [0.15, 0.2) is 18.3 Å². The summed E-state index contributed by atoms with van der Waals surface area (Å²) in [6.07, 6.45) is 3.79. The predicted molar refractivity (Wildman–Crippen MR) is 52.3 cm³/mol. The highest BCUT2D eigenvalue weighted by molar-refractivity contribution is 5.57. The molecule has 5 nitrogen and oxygen atoms in total. The van der Waals surface area contributed by atoms with Gasteiger partial charge in [-0.15, -0.1) is 0 Å². The number of rotatable bonds is 3. The van der Waals surface area contributed by atoms with Gasteiger partial charge in [-0.1, -0.05) is 0 Å². The van der Waals surface area contributed by atoms with Crippen molar-refractivity contribution in [3.8, 4) is 0 Å². The zero-order chi connectivity index (χ0) is 10.1. The highest BCUT2D eigenvalue weighted by atomic mass is 16.6. The Morgan fingerprint density at radius 1 is 1.64 bits per heavy atom. The van der Waals surface area contributed by atoms with Crippen LogP contribution in [0.1, 0.15) is 12.8 Å². The average Bonchev–Trinajstić information content (AvgIpc) is 3.00. The van der Waals surface area contributed by atoms with Crippen molar-refractivity contribution in [3.05, 3.63) is 28.4 Å². The van der Waals surface area contributed by atoms with Crippen molar-refractivity contribution < 1.29 is 4.92 Å². The van der Waals surface area contributed by atoms with Gasteiger partial charge in [0.25, 0.3) is 0 Å². The van der Waals surface area contributed by atoms with E-state index in [0.29, 0.717) is 11.9 Å². The van der Waals surface area contributed by atoms with E-state index in [0.717, 1.165) is 12.8 Å². The second kappa shape index (κ2) is 3.25. The Labute approximate surface area is 81.5 Å². The van der Waals surface area contributed by atoms with Gasteiger partial charge in [0.15, 0.2) is 0 Å². The van der Waals surface area contributed by atoms with Crippen molar-refractivity contribution in [2.75, 3.05) is 11.9 Å². The third-order valence-corrected chi connectivity index (χ3v) is 2.39. The van der Waals surface area contributed by atoms with E-state index in [4.69, 9.17) is 0 Å². The topological polar surface area (TPSA) is 59.3 Å². The number of aromatic nitrogens is 1. The number of pyridine rings is 1. The summed E-state index contributed by atoms with van der Waals surface area (Å²) < 4.78 is 0.